The smallest absolute Gasteiger partial charge is 0.337 e. The number of aryl methyl sites for hydroxylation is 2. The van der Waals surface area contributed by atoms with Gasteiger partial charge < -0.3 is 10.2 Å². The molecule has 5 heteroatoms. The van der Waals surface area contributed by atoms with Gasteiger partial charge in [-0.05, 0) is 26.0 Å². The third-order valence-electron chi connectivity index (χ3n) is 1.46. The third-order valence-corrected chi connectivity index (χ3v) is 1.46. The highest BCUT2D eigenvalue weighted by Crippen LogP contribution is 2.05. The van der Waals surface area contributed by atoms with Crippen LogP contribution in [0.25, 0.3) is 0 Å². The van der Waals surface area contributed by atoms with E-state index in [4.69, 9.17) is 15.0 Å². The molecule has 0 bridgehead atoms. The van der Waals surface area contributed by atoms with E-state index in [9.17, 15) is 4.79 Å². The van der Waals surface area contributed by atoms with E-state index in [-0.39, 0.29) is 5.56 Å². The lowest BCUT2D eigenvalue weighted by molar-refractivity contribution is -0.134. The summed E-state index contributed by atoms with van der Waals surface area (Å²) in [5.41, 5.74) is 1.68. The fourth-order valence-corrected chi connectivity index (χ4v) is 0.913. The first-order chi connectivity index (χ1) is 6.84. The predicted molar refractivity (Wildman–Crippen MR) is 54.0 cm³/mol. The first kappa shape index (κ1) is 13.1. The van der Waals surface area contributed by atoms with Crippen molar-refractivity contribution in [1.29, 1.82) is 0 Å². The summed E-state index contributed by atoms with van der Waals surface area (Å²) in [5.74, 6) is -1.75. The second-order valence-corrected chi connectivity index (χ2v) is 2.91. The summed E-state index contributed by atoms with van der Waals surface area (Å²) in [6.45, 7) is 4.61. The van der Waals surface area contributed by atoms with Crippen LogP contribution in [0.15, 0.2) is 12.1 Å². The highest BCUT2D eigenvalue weighted by atomic mass is 16.4. The average Bonchev–Trinajstić information content (AvgIpc) is 2.01. The molecule has 5 nitrogen and oxygen atoms in total. The van der Waals surface area contributed by atoms with Crippen LogP contribution in [0.2, 0.25) is 0 Å². The van der Waals surface area contributed by atoms with Crippen molar-refractivity contribution in [1.82, 2.24) is 4.98 Å². The summed E-state index contributed by atoms with van der Waals surface area (Å²) in [6.07, 6.45) is 0. The lowest BCUT2D eigenvalue weighted by atomic mass is 10.2. The second-order valence-electron chi connectivity index (χ2n) is 2.91. The van der Waals surface area contributed by atoms with Gasteiger partial charge in [-0.2, -0.15) is 0 Å². The van der Waals surface area contributed by atoms with Gasteiger partial charge in [0, 0.05) is 12.6 Å². The van der Waals surface area contributed by atoms with Crippen LogP contribution in [0.4, 0.5) is 0 Å². The van der Waals surface area contributed by atoms with Crippen LogP contribution in [0.5, 0.6) is 0 Å². The molecule has 0 unspecified atom stereocenters. The summed E-state index contributed by atoms with van der Waals surface area (Å²) in [6, 6.07) is 3.26. The molecular formula is C10H13NO4. The highest BCUT2D eigenvalue weighted by molar-refractivity contribution is 5.88. The number of hydrogen-bond acceptors (Lipinski definition) is 3. The number of rotatable bonds is 1. The van der Waals surface area contributed by atoms with Crippen molar-refractivity contribution < 1.29 is 19.8 Å². The van der Waals surface area contributed by atoms with Gasteiger partial charge >= 0.3 is 5.97 Å². The Morgan fingerprint density at radius 1 is 1.20 bits per heavy atom. The molecule has 15 heavy (non-hydrogen) atoms. The number of aliphatic carboxylic acids is 1. The Hall–Kier alpha value is -1.91. The monoisotopic (exact) mass is 211 g/mol. The van der Waals surface area contributed by atoms with Gasteiger partial charge in [0.25, 0.3) is 5.97 Å². The van der Waals surface area contributed by atoms with Gasteiger partial charge in [-0.25, -0.2) is 4.79 Å². The first-order valence-corrected chi connectivity index (χ1v) is 4.21. The molecule has 2 N–H and O–H groups in total. The minimum Gasteiger partial charge on any atom is -0.481 e. The van der Waals surface area contributed by atoms with Crippen LogP contribution in [-0.4, -0.2) is 27.1 Å². The molecule has 0 amide bonds. The summed E-state index contributed by atoms with van der Waals surface area (Å²) < 4.78 is 0. The molecular weight excluding hydrogens is 198 g/mol. The molecule has 0 saturated heterocycles. The van der Waals surface area contributed by atoms with Crippen molar-refractivity contribution in [2.45, 2.75) is 20.8 Å². The molecule has 0 aliphatic heterocycles. The number of carboxylic acids is 2. The van der Waals surface area contributed by atoms with Gasteiger partial charge in [0.05, 0.1) is 11.3 Å². The van der Waals surface area contributed by atoms with Crippen LogP contribution in [-0.2, 0) is 4.79 Å². The molecule has 0 saturated carbocycles. The maximum absolute atomic E-state index is 10.5. The molecule has 0 fully saturated rings. The quantitative estimate of drug-likeness (QED) is 0.734. The van der Waals surface area contributed by atoms with E-state index in [1.807, 2.05) is 6.92 Å². The number of aromatic nitrogens is 1. The van der Waals surface area contributed by atoms with Crippen molar-refractivity contribution in [3.8, 4) is 0 Å². The number of nitrogens with zero attached hydrogens (tertiary/aromatic N) is 1. The van der Waals surface area contributed by atoms with Crippen molar-refractivity contribution in [2.75, 3.05) is 0 Å². The van der Waals surface area contributed by atoms with Crippen molar-refractivity contribution in [3.05, 3.63) is 29.1 Å². The zero-order chi connectivity index (χ0) is 12.0. The van der Waals surface area contributed by atoms with Crippen LogP contribution in [0.3, 0.4) is 0 Å². The van der Waals surface area contributed by atoms with Crippen molar-refractivity contribution in [3.63, 3.8) is 0 Å². The van der Waals surface area contributed by atoms with Gasteiger partial charge in [0.2, 0.25) is 0 Å². The van der Waals surface area contributed by atoms with E-state index in [2.05, 4.69) is 4.98 Å². The molecule has 1 rings (SSSR count). The lowest BCUT2D eigenvalue weighted by Gasteiger charge is -1.99. The minimum atomic E-state index is -0.921. The van der Waals surface area contributed by atoms with Crippen molar-refractivity contribution in [2.24, 2.45) is 0 Å². The Morgan fingerprint density at radius 2 is 1.67 bits per heavy atom. The Balaban J connectivity index is 0.000000423. The highest BCUT2D eigenvalue weighted by Gasteiger charge is 2.06. The third kappa shape index (κ3) is 5.41. The second kappa shape index (κ2) is 5.74. The molecule has 0 aliphatic carbocycles. The molecule has 0 aromatic carbocycles. The van der Waals surface area contributed by atoms with Gasteiger partial charge in [-0.1, -0.05) is 0 Å². The normalized spacial score (nSPS) is 8.73. The summed E-state index contributed by atoms with van der Waals surface area (Å²) in [4.78, 5) is 23.5. The number of pyridine rings is 1. The fourth-order valence-electron chi connectivity index (χ4n) is 0.913. The SMILES string of the molecule is CC(=O)O.Cc1ccc(C(=O)O)c(C)n1. The zero-order valence-corrected chi connectivity index (χ0v) is 8.81. The Bertz CT molecular complexity index is 370. The van der Waals surface area contributed by atoms with Gasteiger partial charge in [-0.15, -0.1) is 0 Å². The lowest BCUT2D eigenvalue weighted by Crippen LogP contribution is -2.01. The number of carbonyl (C=O) groups is 2. The predicted octanol–water partition coefficient (Wildman–Crippen LogP) is 1.49. The van der Waals surface area contributed by atoms with E-state index in [0.717, 1.165) is 12.6 Å². The number of hydrogen-bond donors (Lipinski definition) is 2. The maximum Gasteiger partial charge on any atom is 0.337 e. The molecule has 1 heterocycles. The number of carboxylic acid groups (broad SMARTS) is 2. The molecule has 0 radical (unpaired) electrons. The standard InChI is InChI=1S/C8H9NO2.C2H4O2/c1-5-3-4-7(8(10)11)6(2)9-5;1-2(3)4/h3-4H,1-2H3,(H,10,11);1H3,(H,3,4). The zero-order valence-electron chi connectivity index (χ0n) is 8.81. The Morgan fingerprint density at radius 3 is 2.00 bits per heavy atom. The number of aromatic carboxylic acids is 1. The van der Waals surface area contributed by atoms with Crippen LogP contribution in [0, 0.1) is 13.8 Å². The van der Waals surface area contributed by atoms with Gasteiger partial charge in [0.1, 0.15) is 0 Å². The molecule has 0 aliphatic rings. The summed E-state index contributed by atoms with van der Waals surface area (Å²) in [7, 11) is 0. The largest absolute Gasteiger partial charge is 0.481 e. The molecule has 0 spiro atoms. The first-order valence-electron chi connectivity index (χ1n) is 4.21. The summed E-state index contributed by atoms with van der Waals surface area (Å²) in [5, 5.41) is 16.0. The topological polar surface area (TPSA) is 87.5 Å². The fraction of sp³-hybridized carbons (Fsp3) is 0.300. The van der Waals surface area contributed by atoms with Crippen molar-refractivity contribution >= 4 is 11.9 Å². The van der Waals surface area contributed by atoms with E-state index in [1.165, 1.54) is 0 Å². The van der Waals surface area contributed by atoms with E-state index in [0.29, 0.717) is 5.69 Å². The van der Waals surface area contributed by atoms with Crippen LogP contribution >= 0.6 is 0 Å². The average molecular weight is 211 g/mol. The van der Waals surface area contributed by atoms with E-state index < -0.39 is 11.9 Å². The van der Waals surface area contributed by atoms with E-state index >= 15 is 0 Å². The molecule has 82 valence electrons. The molecule has 1 aromatic heterocycles. The summed E-state index contributed by atoms with van der Waals surface area (Å²) >= 11 is 0. The van der Waals surface area contributed by atoms with Crippen LogP contribution in [0.1, 0.15) is 28.7 Å². The van der Waals surface area contributed by atoms with E-state index in [1.54, 1.807) is 19.1 Å². The minimum absolute atomic E-state index is 0.274. The molecule has 1 aromatic rings. The Kier molecular flexibility index (Phi) is 5.01. The van der Waals surface area contributed by atoms with Crippen LogP contribution < -0.4 is 0 Å². The maximum atomic E-state index is 10.5. The van der Waals surface area contributed by atoms with Gasteiger partial charge in [0.15, 0.2) is 0 Å². The Labute approximate surface area is 87.4 Å². The molecule has 0 atom stereocenters. The van der Waals surface area contributed by atoms with Gasteiger partial charge in [-0.3, -0.25) is 9.78 Å².